The maximum Gasteiger partial charge on any atom is 0.0951 e. The lowest BCUT2D eigenvalue weighted by Crippen LogP contribution is -2.34. The molecule has 0 unspecified atom stereocenters. The van der Waals surface area contributed by atoms with E-state index in [9.17, 15) is 0 Å². The van der Waals surface area contributed by atoms with Crippen LogP contribution < -0.4 is 0 Å². The van der Waals surface area contributed by atoms with Crippen molar-refractivity contribution in [1.82, 2.24) is 4.90 Å². The standard InChI is InChI=1S/C15H23NO/c1-2-17-15(14-9-5-3-6-10-14)13-16-11-7-4-8-12-16/h3,5-6,9-10,15H,2,4,7-8,11-13H2,1H3/t15-/m1/s1. The summed E-state index contributed by atoms with van der Waals surface area (Å²) < 4.78 is 5.89. The predicted molar refractivity (Wildman–Crippen MR) is 71.1 cm³/mol. The summed E-state index contributed by atoms with van der Waals surface area (Å²) in [4.78, 5) is 2.54. The van der Waals surface area contributed by atoms with E-state index in [0.717, 1.165) is 13.2 Å². The average molecular weight is 233 g/mol. The number of benzene rings is 1. The Morgan fingerprint density at radius 3 is 2.47 bits per heavy atom. The van der Waals surface area contributed by atoms with Crippen LogP contribution in [-0.4, -0.2) is 31.1 Å². The third-order valence-electron chi connectivity index (χ3n) is 3.41. The van der Waals surface area contributed by atoms with Gasteiger partial charge in [-0.2, -0.15) is 0 Å². The van der Waals surface area contributed by atoms with Crippen molar-refractivity contribution in [2.45, 2.75) is 32.3 Å². The van der Waals surface area contributed by atoms with E-state index in [4.69, 9.17) is 4.74 Å². The van der Waals surface area contributed by atoms with Crippen molar-refractivity contribution in [3.63, 3.8) is 0 Å². The lowest BCUT2D eigenvalue weighted by Gasteiger charge is -2.30. The maximum absolute atomic E-state index is 5.89. The Morgan fingerprint density at radius 2 is 1.82 bits per heavy atom. The van der Waals surface area contributed by atoms with Crippen molar-refractivity contribution < 1.29 is 4.74 Å². The Hall–Kier alpha value is -0.860. The van der Waals surface area contributed by atoms with Crippen molar-refractivity contribution in [2.75, 3.05) is 26.2 Å². The van der Waals surface area contributed by atoms with Crippen molar-refractivity contribution in [1.29, 1.82) is 0 Å². The largest absolute Gasteiger partial charge is 0.372 e. The van der Waals surface area contributed by atoms with Crippen LogP contribution in [0.15, 0.2) is 30.3 Å². The Morgan fingerprint density at radius 1 is 1.12 bits per heavy atom. The van der Waals surface area contributed by atoms with Crippen LogP contribution in [0.3, 0.4) is 0 Å². The third-order valence-corrected chi connectivity index (χ3v) is 3.41. The minimum Gasteiger partial charge on any atom is -0.372 e. The molecular formula is C15H23NO. The third kappa shape index (κ3) is 3.83. The first-order valence-electron chi connectivity index (χ1n) is 6.79. The first-order chi connectivity index (χ1) is 8.40. The van der Waals surface area contributed by atoms with Gasteiger partial charge in [-0.15, -0.1) is 0 Å². The molecule has 94 valence electrons. The van der Waals surface area contributed by atoms with E-state index >= 15 is 0 Å². The fraction of sp³-hybridized carbons (Fsp3) is 0.600. The molecule has 0 radical (unpaired) electrons. The van der Waals surface area contributed by atoms with Crippen LogP contribution in [-0.2, 0) is 4.74 Å². The average Bonchev–Trinajstić information content (AvgIpc) is 2.40. The molecule has 0 amide bonds. The number of nitrogens with zero attached hydrogens (tertiary/aromatic N) is 1. The summed E-state index contributed by atoms with van der Waals surface area (Å²) in [6, 6.07) is 10.6. The Bertz CT molecular complexity index is 306. The highest BCUT2D eigenvalue weighted by molar-refractivity contribution is 5.18. The summed E-state index contributed by atoms with van der Waals surface area (Å²) in [7, 11) is 0. The van der Waals surface area contributed by atoms with Gasteiger partial charge in [-0.3, -0.25) is 0 Å². The Labute approximate surface area is 105 Å². The summed E-state index contributed by atoms with van der Waals surface area (Å²) in [5.74, 6) is 0. The highest BCUT2D eigenvalue weighted by atomic mass is 16.5. The topological polar surface area (TPSA) is 12.5 Å². The van der Waals surface area contributed by atoms with Gasteiger partial charge in [0, 0.05) is 13.2 Å². The molecule has 1 aromatic carbocycles. The number of piperidine rings is 1. The molecule has 1 aromatic rings. The number of hydrogen-bond acceptors (Lipinski definition) is 2. The molecule has 0 spiro atoms. The molecule has 0 N–H and O–H groups in total. The number of rotatable bonds is 5. The van der Waals surface area contributed by atoms with E-state index in [1.54, 1.807) is 0 Å². The van der Waals surface area contributed by atoms with Crippen LogP contribution in [0.25, 0.3) is 0 Å². The molecule has 17 heavy (non-hydrogen) atoms. The van der Waals surface area contributed by atoms with Crippen molar-refractivity contribution in [2.24, 2.45) is 0 Å². The SMILES string of the molecule is CCO[C@H](CN1CCCCC1)c1ccccc1. The van der Waals surface area contributed by atoms with E-state index in [0.29, 0.717) is 0 Å². The lowest BCUT2D eigenvalue weighted by atomic mass is 10.1. The van der Waals surface area contributed by atoms with Crippen molar-refractivity contribution in [3.05, 3.63) is 35.9 Å². The lowest BCUT2D eigenvalue weighted by molar-refractivity contribution is 0.0279. The van der Waals surface area contributed by atoms with Crippen molar-refractivity contribution >= 4 is 0 Å². The summed E-state index contributed by atoms with van der Waals surface area (Å²) in [6.07, 6.45) is 4.31. The second-order valence-electron chi connectivity index (χ2n) is 4.72. The monoisotopic (exact) mass is 233 g/mol. The fourth-order valence-corrected chi connectivity index (χ4v) is 2.50. The number of likely N-dealkylation sites (tertiary alicyclic amines) is 1. The van der Waals surface area contributed by atoms with E-state index in [-0.39, 0.29) is 6.10 Å². The molecule has 1 saturated heterocycles. The number of hydrogen-bond donors (Lipinski definition) is 0. The van der Waals surface area contributed by atoms with Gasteiger partial charge in [0.15, 0.2) is 0 Å². The first kappa shape index (κ1) is 12.6. The quantitative estimate of drug-likeness (QED) is 0.774. The van der Waals surface area contributed by atoms with E-state index in [1.807, 2.05) is 0 Å². The van der Waals surface area contributed by atoms with Crippen LogP contribution in [0.4, 0.5) is 0 Å². The van der Waals surface area contributed by atoms with E-state index < -0.39 is 0 Å². The highest BCUT2D eigenvalue weighted by Gasteiger charge is 2.17. The number of ether oxygens (including phenoxy) is 1. The van der Waals surface area contributed by atoms with Gasteiger partial charge in [-0.05, 0) is 38.4 Å². The smallest absolute Gasteiger partial charge is 0.0951 e. The minimum atomic E-state index is 0.235. The van der Waals surface area contributed by atoms with Gasteiger partial charge in [-0.1, -0.05) is 36.8 Å². The van der Waals surface area contributed by atoms with Gasteiger partial charge >= 0.3 is 0 Å². The van der Waals surface area contributed by atoms with E-state index in [2.05, 4.69) is 42.2 Å². The molecule has 0 aromatic heterocycles. The summed E-state index contributed by atoms with van der Waals surface area (Å²) >= 11 is 0. The van der Waals surface area contributed by atoms with Crippen molar-refractivity contribution in [3.8, 4) is 0 Å². The molecule has 1 atom stereocenters. The van der Waals surface area contributed by atoms with Gasteiger partial charge < -0.3 is 9.64 Å². The van der Waals surface area contributed by atoms with Gasteiger partial charge in [0.2, 0.25) is 0 Å². The Balaban J connectivity index is 1.96. The van der Waals surface area contributed by atoms with Crippen LogP contribution >= 0.6 is 0 Å². The summed E-state index contributed by atoms with van der Waals surface area (Å²) in [5, 5.41) is 0. The van der Waals surface area contributed by atoms with Crippen LogP contribution in [0.5, 0.6) is 0 Å². The molecule has 2 rings (SSSR count). The Kier molecular flexibility index (Phi) is 5.02. The molecule has 2 heteroatoms. The maximum atomic E-state index is 5.89. The zero-order valence-electron chi connectivity index (χ0n) is 10.8. The van der Waals surface area contributed by atoms with Gasteiger partial charge in [0.1, 0.15) is 0 Å². The molecule has 1 fully saturated rings. The normalized spacial score (nSPS) is 19.1. The molecule has 2 nitrogen and oxygen atoms in total. The van der Waals surface area contributed by atoms with E-state index in [1.165, 1.54) is 37.9 Å². The molecule has 0 bridgehead atoms. The second kappa shape index (κ2) is 6.77. The predicted octanol–water partition coefficient (Wildman–Crippen LogP) is 3.25. The summed E-state index contributed by atoms with van der Waals surface area (Å²) in [6.45, 7) is 6.37. The zero-order chi connectivity index (χ0) is 11.9. The van der Waals surface area contributed by atoms with Crippen LogP contribution in [0, 0.1) is 0 Å². The van der Waals surface area contributed by atoms with Gasteiger partial charge in [0.05, 0.1) is 6.10 Å². The second-order valence-corrected chi connectivity index (χ2v) is 4.72. The van der Waals surface area contributed by atoms with Gasteiger partial charge in [-0.25, -0.2) is 0 Å². The highest BCUT2D eigenvalue weighted by Crippen LogP contribution is 2.20. The molecule has 1 aliphatic heterocycles. The molecule has 0 aliphatic carbocycles. The van der Waals surface area contributed by atoms with Crippen LogP contribution in [0.2, 0.25) is 0 Å². The van der Waals surface area contributed by atoms with Crippen LogP contribution in [0.1, 0.15) is 37.9 Å². The molecule has 0 saturated carbocycles. The molecular weight excluding hydrogens is 210 g/mol. The van der Waals surface area contributed by atoms with Gasteiger partial charge in [0.25, 0.3) is 0 Å². The summed E-state index contributed by atoms with van der Waals surface area (Å²) in [5.41, 5.74) is 1.31. The first-order valence-corrected chi connectivity index (χ1v) is 6.79. The zero-order valence-corrected chi connectivity index (χ0v) is 10.8. The minimum absolute atomic E-state index is 0.235. The fourth-order valence-electron chi connectivity index (χ4n) is 2.50. The molecule has 1 heterocycles. The molecule has 1 aliphatic rings.